The summed E-state index contributed by atoms with van der Waals surface area (Å²) in [6.45, 7) is 13.2. The summed E-state index contributed by atoms with van der Waals surface area (Å²) in [5.74, 6) is -1.04. The molecular weight excluding hydrogens is 624 g/mol. The van der Waals surface area contributed by atoms with Crippen molar-refractivity contribution in [2.45, 2.75) is 76.3 Å². The third-order valence-corrected chi connectivity index (χ3v) is 11.8. The van der Waals surface area contributed by atoms with Crippen LogP contribution < -0.4 is 19.5 Å². The molecule has 1 saturated heterocycles. The van der Waals surface area contributed by atoms with E-state index in [-0.39, 0.29) is 41.3 Å². The molecule has 1 aliphatic heterocycles. The number of halogens is 3. The minimum Gasteiger partial charge on any atom is -0.477 e. The molecule has 3 aromatic rings. The number of nitrogens with zero attached hydrogens (tertiary/aromatic N) is 4. The fraction of sp³-hybridized carbons (Fsp3) is 0.516. The topological polar surface area (TPSA) is 106 Å². The van der Waals surface area contributed by atoms with Crippen molar-refractivity contribution in [1.82, 2.24) is 19.5 Å². The number of hydrogen-bond acceptors (Lipinski definition) is 7. The monoisotopic (exact) mass is 663 g/mol. The highest BCUT2D eigenvalue weighted by atomic mass is 32.2. The van der Waals surface area contributed by atoms with Crippen molar-refractivity contribution in [3.63, 3.8) is 0 Å². The van der Waals surface area contributed by atoms with Crippen LogP contribution in [0.5, 0.6) is 5.88 Å². The molecule has 3 heterocycles. The molecule has 14 heteroatoms. The van der Waals surface area contributed by atoms with Gasteiger partial charge in [-0.3, -0.25) is 4.79 Å². The van der Waals surface area contributed by atoms with E-state index in [2.05, 4.69) is 50.2 Å². The number of benzene rings is 1. The van der Waals surface area contributed by atoms with Crippen LogP contribution >= 0.6 is 0 Å². The van der Waals surface area contributed by atoms with E-state index in [9.17, 15) is 26.4 Å². The number of pyridine rings is 1. The number of carbonyl (C=O) groups is 1. The number of carbonyl (C=O) groups excluding carboxylic acids is 1. The molecule has 1 aromatic carbocycles. The molecule has 2 fully saturated rings. The van der Waals surface area contributed by atoms with Gasteiger partial charge in [0.1, 0.15) is 5.82 Å². The van der Waals surface area contributed by atoms with Gasteiger partial charge in [0.25, 0.3) is 15.9 Å². The first-order valence-corrected chi connectivity index (χ1v) is 20.1. The second-order valence-corrected chi connectivity index (χ2v) is 20.6. The van der Waals surface area contributed by atoms with Crippen molar-refractivity contribution < 1.29 is 31.1 Å². The maximum Gasteiger partial charge on any atom is 0.392 e. The van der Waals surface area contributed by atoms with Gasteiger partial charge in [-0.15, -0.1) is 5.10 Å². The predicted molar refractivity (Wildman–Crippen MR) is 168 cm³/mol. The van der Waals surface area contributed by atoms with E-state index in [1.54, 1.807) is 41.2 Å². The Morgan fingerprint density at radius 3 is 2.40 bits per heavy atom. The molecule has 45 heavy (non-hydrogen) atoms. The molecular formula is C31H40F3N5O4SSi. The molecule has 9 nitrogen and oxygen atoms in total. The van der Waals surface area contributed by atoms with Crippen molar-refractivity contribution in [1.29, 1.82) is 0 Å². The minimum atomic E-state index is -4.17. The summed E-state index contributed by atoms with van der Waals surface area (Å²) in [5.41, 5.74) is -0.210. The van der Waals surface area contributed by atoms with Gasteiger partial charge in [-0.1, -0.05) is 44.8 Å². The van der Waals surface area contributed by atoms with E-state index in [1.807, 2.05) is 4.90 Å². The summed E-state index contributed by atoms with van der Waals surface area (Å²) in [7, 11) is -6.39. The normalized spacial score (nSPS) is 21.5. The summed E-state index contributed by atoms with van der Waals surface area (Å²) in [6, 6.07) is 11.1. The molecule has 244 valence electrons. The Kier molecular flexibility index (Phi) is 8.62. The summed E-state index contributed by atoms with van der Waals surface area (Å²) < 4.78 is 74.6. The highest BCUT2D eigenvalue weighted by Crippen LogP contribution is 2.51. The van der Waals surface area contributed by atoms with Crippen molar-refractivity contribution >= 4 is 35.0 Å². The van der Waals surface area contributed by atoms with Crippen LogP contribution in [0.3, 0.4) is 0 Å². The van der Waals surface area contributed by atoms with E-state index in [0.29, 0.717) is 24.1 Å². The number of anilines is 1. The van der Waals surface area contributed by atoms with Gasteiger partial charge in [0.05, 0.1) is 31.1 Å². The standard InChI is InChI=1S/C31H40F3N5O4SSi/c1-20-18-30(2,3)38(19-20)27-23(29(40)37-44(41,42)22-10-8-7-9-11-22)17-25(45(4,5)6)28(35-27)39-14-12-26(36-39)43-15-13-21-16-24(21)31(32,33)34/h7-12,14,17,20-21,24H,13,15-16,18-19H2,1-6H3,(H,37,40)/t20-,21?,24?/m0/s1. The molecule has 0 radical (unpaired) electrons. The van der Waals surface area contributed by atoms with Crippen molar-refractivity contribution in [2.75, 3.05) is 18.1 Å². The van der Waals surface area contributed by atoms with Gasteiger partial charge >= 0.3 is 6.18 Å². The number of aromatic nitrogens is 3. The van der Waals surface area contributed by atoms with Crippen LogP contribution in [0.1, 0.15) is 50.4 Å². The molecule has 3 atom stereocenters. The first-order valence-electron chi connectivity index (χ1n) is 15.1. The summed E-state index contributed by atoms with van der Waals surface area (Å²) >= 11 is 0. The Labute approximate surface area is 263 Å². The average Bonchev–Trinajstić information content (AvgIpc) is 3.48. The molecule has 0 spiro atoms. The van der Waals surface area contributed by atoms with Crippen molar-refractivity contribution in [3.05, 3.63) is 54.2 Å². The van der Waals surface area contributed by atoms with E-state index >= 15 is 0 Å². The molecule has 0 bridgehead atoms. The van der Waals surface area contributed by atoms with E-state index in [4.69, 9.17) is 9.72 Å². The number of amides is 1. The molecule has 1 saturated carbocycles. The van der Waals surface area contributed by atoms with Crippen LogP contribution in [0, 0.1) is 17.8 Å². The Morgan fingerprint density at radius 1 is 1.13 bits per heavy atom. The Morgan fingerprint density at radius 2 is 1.82 bits per heavy atom. The van der Waals surface area contributed by atoms with Crippen LogP contribution in [0.4, 0.5) is 19.0 Å². The van der Waals surface area contributed by atoms with Crippen LogP contribution in [0.25, 0.3) is 5.82 Å². The van der Waals surface area contributed by atoms with Gasteiger partial charge in [-0.05, 0) is 68.3 Å². The maximum absolute atomic E-state index is 13.8. The van der Waals surface area contributed by atoms with Gasteiger partial charge in [0.15, 0.2) is 5.82 Å². The first kappa shape index (κ1) is 33.0. The quantitative estimate of drug-likeness (QED) is 0.285. The van der Waals surface area contributed by atoms with Crippen LogP contribution in [-0.2, 0) is 10.0 Å². The molecule has 1 amide bonds. The summed E-state index contributed by atoms with van der Waals surface area (Å²) in [5, 5.41) is 5.33. The summed E-state index contributed by atoms with van der Waals surface area (Å²) in [4.78, 5) is 20.9. The Bertz CT molecular complexity index is 1670. The van der Waals surface area contributed by atoms with E-state index in [0.717, 1.165) is 11.6 Å². The second kappa shape index (κ2) is 11.8. The van der Waals surface area contributed by atoms with Gasteiger partial charge < -0.3 is 9.64 Å². The smallest absolute Gasteiger partial charge is 0.392 e. The zero-order valence-electron chi connectivity index (χ0n) is 26.4. The van der Waals surface area contributed by atoms with Gasteiger partial charge in [0.2, 0.25) is 5.88 Å². The number of sulfonamides is 1. The van der Waals surface area contributed by atoms with E-state index in [1.165, 1.54) is 12.1 Å². The lowest BCUT2D eigenvalue weighted by Gasteiger charge is -2.35. The number of rotatable bonds is 10. The van der Waals surface area contributed by atoms with Gasteiger partial charge in [-0.2, -0.15) is 13.2 Å². The number of alkyl halides is 3. The van der Waals surface area contributed by atoms with E-state index < -0.39 is 42.0 Å². The lowest BCUT2D eigenvalue weighted by Crippen LogP contribution is -2.45. The zero-order chi connectivity index (χ0) is 32.9. The summed E-state index contributed by atoms with van der Waals surface area (Å²) in [6.07, 6.45) is -1.22. The third kappa shape index (κ3) is 7.21. The maximum atomic E-state index is 13.8. The average molecular weight is 664 g/mol. The lowest BCUT2D eigenvalue weighted by molar-refractivity contribution is -0.151. The highest BCUT2D eigenvalue weighted by molar-refractivity contribution is 7.90. The lowest BCUT2D eigenvalue weighted by atomic mass is 9.97. The van der Waals surface area contributed by atoms with Crippen molar-refractivity contribution in [3.8, 4) is 11.7 Å². The zero-order valence-corrected chi connectivity index (χ0v) is 28.2. The number of ether oxygens (including phenoxy) is 1. The minimum absolute atomic E-state index is 0.0234. The molecule has 2 aromatic heterocycles. The van der Waals surface area contributed by atoms with Crippen molar-refractivity contribution in [2.24, 2.45) is 17.8 Å². The Balaban J connectivity index is 1.51. The molecule has 1 N–H and O–H groups in total. The third-order valence-electron chi connectivity index (χ3n) is 8.51. The predicted octanol–water partition coefficient (Wildman–Crippen LogP) is 5.52. The molecule has 2 aliphatic rings. The molecule has 1 aliphatic carbocycles. The number of nitrogens with one attached hydrogen (secondary N) is 1. The van der Waals surface area contributed by atoms with Crippen LogP contribution in [-0.4, -0.2) is 62.0 Å². The van der Waals surface area contributed by atoms with Gasteiger partial charge in [-0.25, -0.2) is 22.8 Å². The van der Waals surface area contributed by atoms with Crippen LogP contribution in [0.2, 0.25) is 19.6 Å². The fourth-order valence-corrected chi connectivity index (χ4v) is 8.58. The second-order valence-electron chi connectivity index (χ2n) is 13.8. The fourth-order valence-electron chi connectivity index (χ4n) is 6.17. The van der Waals surface area contributed by atoms with Crippen LogP contribution in [0.15, 0.2) is 53.6 Å². The largest absolute Gasteiger partial charge is 0.477 e. The SMILES string of the molecule is C[C@@H]1CN(c2nc(-n3ccc(OCCC4CC4C(F)(F)F)n3)c([Si](C)(C)C)cc2C(=O)NS(=O)(=O)c2ccccc2)C(C)(C)C1. The number of hydrogen-bond donors (Lipinski definition) is 1. The highest BCUT2D eigenvalue weighted by Gasteiger charge is 2.55. The molecule has 2 unspecified atom stereocenters. The first-order chi connectivity index (χ1) is 20.9. The van der Waals surface area contributed by atoms with Gasteiger partial charge in [0, 0.05) is 24.3 Å². The Hall–Kier alpha value is -3.39. The molecule has 5 rings (SSSR count).